The summed E-state index contributed by atoms with van der Waals surface area (Å²) in [4.78, 5) is 1.68. The fourth-order valence-electron chi connectivity index (χ4n) is 1.20. The zero-order valence-electron chi connectivity index (χ0n) is 6.24. The Morgan fingerprint density at radius 1 is 1.42 bits per heavy atom. The number of rotatable bonds is 0. The van der Waals surface area contributed by atoms with Crippen molar-refractivity contribution in [2.24, 2.45) is 0 Å². The maximum Gasteiger partial charge on any atom is 0.392 e. The van der Waals surface area contributed by atoms with Crippen LogP contribution in [0.3, 0.4) is 0 Å². The molecule has 0 N–H and O–H groups in total. The zero-order chi connectivity index (χ0) is 8.55. The first-order chi connectivity index (χ1) is 5.77. The van der Waals surface area contributed by atoms with Crippen LogP contribution in [0, 0.1) is 0 Å². The van der Waals surface area contributed by atoms with Gasteiger partial charge in [0.15, 0.2) is 0 Å². The third-order valence-electron chi connectivity index (χ3n) is 1.78. The molecule has 0 spiro atoms. The number of allylic oxidation sites excluding steroid dienone is 5. The van der Waals surface area contributed by atoms with Crippen LogP contribution in [-0.2, 0) is 0 Å². The highest BCUT2D eigenvalue weighted by Gasteiger charge is 2.22. The molecule has 2 rings (SSSR count). The van der Waals surface area contributed by atoms with E-state index in [1.165, 1.54) is 12.3 Å². The first kappa shape index (κ1) is 7.68. The van der Waals surface area contributed by atoms with Crippen LogP contribution in [-0.4, -0.2) is 11.1 Å². The third-order valence-corrected chi connectivity index (χ3v) is 2.13. The Balaban J connectivity index is 2.36. The van der Waals surface area contributed by atoms with Crippen molar-refractivity contribution in [2.45, 2.75) is 0 Å². The highest BCUT2D eigenvalue weighted by molar-refractivity contribution is 7.08. The molecule has 0 aromatic heterocycles. The number of hydrogen-bond donors (Lipinski definition) is 0. The summed E-state index contributed by atoms with van der Waals surface area (Å²) in [6, 6.07) is 0. The molecular formula is C8H6BClFN. The topological polar surface area (TPSA) is 3.24 Å². The molecule has 0 saturated carbocycles. The van der Waals surface area contributed by atoms with Crippen LogP contribution in [0.25, 0.3) is 0 Å². The molecule has 0 aliphatic carbocycles. The Morgan fingerprint density at radius 2 is 2.25 bits per heavy atom. The molecular weight excluding hydrogens is 175 g/mol. The van der Waals surface area contributed by atoms with Crippen molar-refractivity contribution in [3.05, 3.63) is 48.0 Å². The van der Waals surface area contributed by atoms with Crippen molar-refractivity contribution in [3.63, 3.8) is 0 Å². The molecule has 0 unspecified atom stereocenters. The molecule has 0 amide bonds. The highest BCUT2D eigenvalue weighted by Crippen LogP contribution is 2.23. The minimum Gasteiger partial charge on any atom is -0.372 e. The molecule has 0 atom stereocenters. The van der Waals surface area contributed by atoms with Crippen molar-refractivity contribution in [3.8, 4) is 0 Å². The van der Waals surface area contributed by atoms with Crippen LogP contribution in [0.1, 0.15) is 0 Å². The molecule has 12 heavy (non-hydrogen) atoms. The van der Waals surface area contributed by atoms with Crippen LogP contribution in [0.5, 0.6) is 0 Å². The molecule has 2 aliphatic rings. The van der Waals surface area contributed by atoms with E-state index in [9.17, 15) is 4.39 Å². The second-order valence-electron chi connectivity index (χ2n) is 2.60. The minimum absolute atomic E-state index is 0.270. The van der Waals surface area contributed by atoms with Crippen molar-refractivity contribution in [1.82, 2.24) is 4.81 Å². The van der Waals surface area contributed by atoms with Gasteiger partial charge in [0.25, 0.3) is 0 Å². The van der Waals surface area contributed by atoms with E-state index in [-0.39, 0.29) is 12.1 Å². The maximum atomic E-state index is 12.8. The van der Waals surface area contributed by atoms with Crippen molar-refractivity contribution < 1.29 is 4.39 Å². The first-order valence-electron chi connectivity index (χ1n) is 3.64. The second-order valence-corrected chi connectivity index (χ2v) is 3.05. The van der Waals surface area contributed by atoms with Gasteiger partial charge in [-0.2, -0.15) is 11.5 Å². The van der Waals surface area contributed by atoms with Gasteiger partial charge in [-0.15, -0.1) is 0 Å². The minimum atomic E-state index is -0.277. The van der Waals surface area contributed by atoms with E-state index >= 15 is 0 Å². The Morgan fingerprint density at radius 3 is 3.08 bits per heavy atom. The lowest BCUT2D eigenvalue weighted by Crippen LogP contribution is -2.30. The summed E-state index contributed by atoms with van der Waals surface area (Å²) in [5, 5.41) is 0. The van der Waals surface area contributed by atoms with Gasteiger partial charge >= 0.3 is 6.26 Å². The summed E-state index contributed by atoms with van der Waals surface area (Å²) in [5.74, 6) is 1.53. The molecule has 0 aromatic carbocycles. The highest BCUT2D eigenvalue weighted by atomic mass is 35.5. The molecule has 0 aromatic rings. The molecule has 0 saturated heterocycles. The lowest BCUT2D eigenvalue weighted by molar-refractivity contribution is 0.612. The van der Waals surface area contributed by atoms with E-state index in [1.807, 2.05) is 12.2 Å². The molecule has 60 valence electrons. The van der Waals surface area contributed by atoms with Crippen LogP contribution < -0.4 is 0 Å². The first-order valence-corrected chi connectivity index (χ1v) is 4.07. The number of hydrogen-bond acceptors (Lipinski definition) is 1. The van der Waals surface area contributed by atoms with Gasteiger partial charge in [0.05, 0.1) is 0 Å². The number of nitrogens with zero attached hydrogens (tertiary/aromatic N) is 1. The Kier molecular flexibility index (Phi) is 1.81. The zero-order valence-corrected chi connectivity index (χ0v) is 7.00. The molecule has 2 heterocycles. The quantitative estimate of drug-likeness (QED) is 0.519. The molecule has 0 fully saturated rings. The summed E-state index contributed by atoms with van der Waals surface area (Å²) >= 11 is 5.91. The van der Waals surface area contributed by atoms with E-state index in [0.717, 1.165) is 5.70 Å². The van der Waals surface area contributed by atoms with E-state index in [2.05, 4.69) is 0 Å². The van der Waals surface area contributed by atoms with Crippen LogP contribution in [0.15, 0.2) is 48.0 Å². The second kappa shape index (κ2) is 2.83. The van der Waals surface area contributed by atoms with Gasteiger partial charge in [0, 0.05) is 11.9 Å². The third kappa shape index (κ3) is 1.20. The molecule has 0 bridgehead atoms. The van der Waals surface area contributed by atoms with E-state index in [4.69, 9.17) is 11.5 Å². The van der Waals surface area contributed by atoms with Crippen LogP contribution >= 0.6 is 11.5 Å². The summed E-state index contributed by atoms with van der Waals surface area (Å²) in [7, 11) is 0. The number of fused-ring (bicyclic) bond motifs is 1. The monoisotopic (exact) mass is 181 g/mol. The summed E-state index contributed by atoms with van der Waals surface area (Å²) in [6.07, 6.45) is 8.00. The molecule has 4 heteroatoms. The largest absolute Gasteiger partial charge is 0.392 e. The molecule has 0 radical (unpaired) electrons. The lowest BCUT2D eigenvalue weighted by Gasteiger charge is -2.27. The van der Waals surface area contributed by atoms with Crippen LogP contribution in [0.2, 0.25) is 0 Å². The fourth-order valence-corrected chi connectivity index (χ4v) is 1.45. The summed E-state index contributed by atoms with van der Waals surface area (Å²) in [5.41, 5.74) is 0.916. The standard InChI is InChI=1S/C8H6BClFN/c10-9-5-1-2-8-4-3-7(11)6-12(8)9/h1-6H. The summed E-state index contributed by atoms with van der Waals surface area (Å²) in [6.45, 7) is 0. The summed E-state index contributed by atoms with van der Waals surface area (Å²) < 4.78 is 12.8. The Bertz CT molecular complexity index is 319. The van der Waals surface area contributed by atoms with Crippen LogP contribution in [0.4, 0.5) is 4.39 Å². The van der Waals surface area contributed by atoms with Gasteiger partial charge in [-0.1, -0.05) is 12.1 Å². The average molecular weight is 181 g/mol. The van der Waals surface area contributed by atoms with Gasteiger partial charge < -0.3 is 4.81 Å². The normalized spacial score (nSPS) is 20.5. The van der Waals surface area contributed by atoms with E-state index in [1.54, 1.807) is 16.9 Å². The van der Waals surface area contributed by atoms with Gasteiger partial charge in [0.2, 0.25) is 0 Å². The van der Waals surface area contributed by atoms with E-state index in [0.29, 0.717) is 0 Å². The van der Waals surface area contributed by atoms with Crippen molar-refractivity contribution >= 4 is 17.7 Å². The predicted octanol–water partition coefficient (Wildman–Crippen LogP) is 2.39. The number of halogens is 2. The smallest absolute Gasteiger partial charge is 0.372 e. The molecule has 1 nitrogen and oxygen atoms in total. The van der Waals surface area contributed by atoms with Gasteiger partial charge in [-0.05, 0) is 18.2 Å². The average Bonchev–Trinajstić information content (AvgIpc) is 2.07. The fraction of sp³-hybridized carbons (Fsp3) is 0. The molecule has 2 aliphatic heterocycles. The van der Waals surface area contributed by atoms with Gasteiger partial charge in [-0.3, -0.25) is 0 Å². The predicted molar refractivity (Wildman–Crippen MR) is 49.0 cm³/mol. The Hall–Kier alpha value is -0.955. The van der Waals surface area contributed by atoms with Crippen molar-refractivity contribution in [2.75, 3.05) is 0 Å². The van der Waals surface area contributed by atoms with E-state index < -0.39 is 0 Å². The Labute approximate surface area is 75.5 Å². The maximum absolute atomic E-state index is 12.8. The van der Waals surface area contributed by atoms with Gasteiger partial charge in [-0.25, -0.2) is 4.39 Å². The van der Waals surface area contributed by atoms with Gasteiger partial charge in [0.1, 0.15) is 5.83 Å². The SMILES string of the molecule is FC1=CN2B(Cl)C=CC=C2C=C1. The van der Waals surface area contributed by atoms with Crippen molar-refractivity contribution in [1.29, 1.82) is 0 Å². The lowest BCUT2D eigenvalue weighted by atomic mass is 9.84.